The fourth-order valence-electron chi connectivity index (χ4n) is 2.05. The van der Waals surface area contributed by atoms with Crippen LogP contribution in [0.5, 0.6) is 0 Å². The van der Waals surface area contributed by atoms with E-state index in [1.54, 1.807) is 12.3 Å². The molecule has 4 heteroatoms. The Hall–Kier alpha value is -1.42. The average molecular weight is 337 g/mol. The highest BCUT2D eigenvalue weighted by molar-refractivity contribution is 9.10. The summed E-state index contributed by atoms with van der Waals surface area (Å²) in [6.45, 7) is 6.66. The SMILES string of the molecule is Cc1cc(NCC(C)(C)c2ccccc2F)ncc1Br. The standard InChI is InChI=1S/C16H18BrFN2/c1-11-8-15(19-9-13(11)17)20-10-16(2,3)12-6-4-5-7-14(12)18/h4-9H,10H2,1-3H3,(H,19,20). The van der Waals surface area contributed by atoms with Gasteiger partial charge in [0.25, 0.3) is 0 Å². The fourth-order valence-corrected chi connectivity index (χ4v) is 2.27. The molecule has 0 atom stereocenters. The summed E-state index contributed by atoms with van der Waals surface area (Å²) >= 11 is 3.43. The lowest BCUT2D eigenvalue weighted by Gasteiger charge is -2.26. The van der Waals surface area contributed by atoms with E-state index in [2.05, 4.69) is 26.2 Å². The highest BCUT2D eigenvalue weighted by Gasteiger charge is 2.23. The number of hydrogen-bond acceptors (Lipinski definition) is 2. The average Bonchev–Trinajstić information content (AvgIpc) is 2.40. The summed E-state index contributed by atoms with van der Waals surface area (Å²) in [4.78, 5) is 4.31. The summed E-state index contributed by atoms with van der Waals surface area (Å²) in [7, 11) is 0. The number of hydrogen-bond donors (Lipinski definition) is 1. The van der Waals surface area contributed by atoms with E-state index >= 15 is 0 Å². The lowest BCUT2D eigenvalue weighted by atomic mass is 9.84. The maximum atomic E-state index is 13.9. The number of aromatic nitrogens is 1. The maximum Gasteiger partial charge on any atom is 0.127 e. The normalized spacial score (nSPS) is 11.4. The lowest BCUT2D eigenvalue weighted by Crippen LogP contribution is -2.29. The molecule has 1 N–H and O–H groups in total. The molecule has 0 fully saturated rings. The van der Waals surface area contributed by atoms with Gasteiger partial charge < -0.3 is 5.32 Å². The van der Waals surface area contributed by atoms with E-state index in [0.29, 0.717) is 12.1 Å². The smallest absolute Gasteiger partial charge is 0.127 e. The van der Waals surface area contributed by atoms with Gasteiger partial charge in [-0.15, -0.1) is 0 Å². The Balaban J connectivity index is 2.13. The second-order valence-electron chi connectivity index (χ2n) is 5.54. The second kappa shape index (κ2) is 5.92. The molecule has 0 radical (unpaired) electrons. The molecule has 1 aromatic heterocycles. The summed E-state index contributed by atoms with van der Waals surface area (Å²) in [5.74, 6) is 0.634. The van der Waals surface area contributed by atoms with E-state index < -0.39 is 0 Å². The Bertz CT molecular complexity index is 611. The number of halogens is 2. The molecule has 2 nitrogen and oxygen atoms in total. The molecule has 20 heavy (non-hydrogen) atoms. The molecule has 0 amide bonds. The van der Waals surface area contributed by atoms with E-state index in [0.717, 1.165) is 15.9 Å². The van der Waals surface area contributed by atoms with Gasteiger partial charge in [0.2, 0.25) is 0 Å². The summed E-state index contributed by atoms with van der Waals surface area (Å²) in [5, 5.41) is 3.28. The molecular weight excluding hydrogens is 319 g/mol. The van der Waals surface area contributed by atoms with Crippen molar-refractivity contribution < 1.29 is 4.39 Å². The van der Waals surface area contributed by atoms with E-state index in [9.17, 15) is 4.39 Å². The molecule has 0 saturated heterocycles. The largest absolute Gasteiger partial charge is 0.369 e. The highest BCUT2D eigenvalue weighted by atomic mass is 79.9. The minimum atomic E-state index is -0.312. The monoisotopic (exact) mass is 336 g/mol. The van der Waals surface area contributed by atoms with Crippen molar-refractivity contribution in [3.05, 3.63) is 57.9 Å². The van der Waals surface area contributed by atoms with Crippen LogP contribution in [0.2, 0.25) is 0 Å². The van der Waals surface area contributed by atoms with Gasteiger partial charge in [0.05, 0.1) is 0 Å². The topological polar surface area (TPSA) is 24.9 Å². The van der Waals surface area contributed by atoms with Gasteiger partial charge in [-0.1, -0.05) is 32.0 Å². The Morgan fingerprint density at radius 2 is 2.00 bits per heavy atom. The number of rotatable bonds is 4. The van der Waals surface area contributed by atoms with Crippen molar-refractivity contribution in [3.63, 3.8) is 0 Å². The third-order valence-electron chi connectivity index (χ3n) is 3.36. The van der Waals surface area contributed by atoms with Crippen LogP contribution >= 0.6 is 15.9 Å². The minimum absolute atomic E-state index is 0.167. The van der Waals surface area contributed by atoms with Crippen LogP contribution in [0.15, 0.2) is 41.0 Å². The van der Waals surface area contributed by atoms with Gasteiger partial charge in [0.15, 0.2) is 0 Å². The van der Waals surface area contributed by atoms with Gasteiger partial charge in [-0.3, -0.25) is 0 Å². The van der Waals surface area contributed by atoms with Crippen molar-refractivity contribution in [2.75, 3.05) is 11.9 Å². The van der Waals surface area contributed by atoms with Gasteiger partial charge in [-0.05, 0) is 46.1 Å². The minimum Gasteiger partial charge on any atom is -0.369 e. The Morgan fingerprint density at radius 1 is 1.30 bits per heavy atom. The van der Waals surface area contributed by atoms with Crippen LogP contribution in [0, 0.1) is 12.7 Å². The van der Waals surface area contributed by atoms with Crippen LogP contribution in [0.1, 0.15) is 25.0 Å². The van der Waals surface area contributed by atoms with Gasteiger partial charge in [0, 0.05) is 22.6 Å². The fraction of sp³-hybridized carbons (Fsp3) is 0.312. The van der Waals surface area contributed by atoms with Gasteiger partial charge in [0.1, 0.15) is 11.6 Å². The number of pyridine rings is 1. The van der Waals surface area contributed by atoms with Gasteiger partial charge >= 0.3 is 0 Å². The second-order valence-corrected chi connectivity index (χ2v) is 6.39. The Morgan fingerprint density at radius 3 is 2.65 bits per heavy atom. The van der Waals surface area contributed by atoms with Crippen LogP contribution in [0.25, 0.3) is 0 Å². The quantitative estimate of drug-likeness (QED) is 0.876. The van der Waals surface area contributed by atoms with Crippen LogP contribution in [0.3, 0.4) is 0 Å². The first-order chi connectivity index (χ1) is 9.40. The molecule has 0 aliphatic carbocycles. The predicted molar refractivity (Wildman–Crippen MR) is 84.6 cm³/mol. The zero-order valence-electron chi connectivity index (χ0n) is 11.9. The number of aryl methyl sites for hydroxylation is 1. The molecule has 1 aromatic carbocycles. The molecule has 0 saturated carbocycles. The molecule has 0 unspecified atom stereocenters. The van der Waals surface area contributed by atoms with E-state index in [4.69, 9.17) is 0 Å². The third-order valence-corrected chi connectivity index (χ3v) is 4.19. The molecule has 0 spiro atoms. The molecule has 0 aliphatic rings. The Labute approximate surface area is 127 Å². The maximum absolute atomic E-state index is 13.9. The summed E-state index contributed by atoms with van der Waals surface area (Å²) in [6.07, 6.45) is 1.77. The third kappa shape index (κ3) is 3.37. The Kier molecular flexibility index (Phi) is 4.43. The molecule has 0 aliphatic heterocycles. The number of benzene rings is 1. The van der Waals surface area contributed by atoms with E-state index in [-0.39, 0.29) is 11.2 Å². The van der Waals surface area contributed by atoms with Gasteiger partial charge in [-0.25, -0.2) is 9.37 Å². The van der Waals surface area contributed by atoms with Crippen molar-refractivity contribution in [2.45, 2.75) is 26.2 Å². The first kappa shape index (κ1) is 15.0. The van der Waals surface area contributed by atoms with Crippen molar-refractivity contribution in [1.82, 2.24) is 4.98 Å². The molecule has 1 heterocycles. The number of nitrogens with one attached hydrogen (secondary N) is 1. The molecule has 2 rings (SSSR count). The summed E-state index contributed by atoms with van der Waals surface area (Å²) in [5.41, 5.74) is 1.51. The van der Waals surface area contributed by atoms with Gasteiger partial charge in [-0.2, -0.15) is 0 Å². The zero-order valence-corrected chi connectivity index (χ0v) is 13.5. The lowest BCUT2D eigenvalue weighted by molar-refractivity contribution is 0.504. The molecule has 0 bridgehead atoms. The summed E-state index contributed by atoms with van der Waals surface area (Å²) in [6, 6.07) is 8.88. The van der Waals surface area contributed by atoms with Crippen molar-refractivity contribution in [3.8, 4) is 0 Å². The van der Waals surface area contributed by atoms with Crippen molar-refractivity contribution >= 4 is 21.7 Å². The molecular formula is C16H18BrFN2. The zero-order chi connectivity index (χ0) is 14.8. The predicted octanol–water partition coefficient (Wildman–Crippen LogP) is 4.68. The summed E-state index contributed by atoms with van der Waals surface area (Å²) < 4.78 is 14.9. The first-order valence-electron chi connectivity index (χ1n) is 6.51. The van der Waals surface area contributed by atoms with Crippen LogP contribution in [-0.2, 0) is 5.41 Å². The van der Waals surface area contributed by atoms with Crippen LogP contribution in [-0.4, -0.2) is 11.5 Å². The van der Waals surface area contributed by atoms with Crippen molar-refractivity contribution in [2.24, 2.45) is 0 Å². The van der Waals surface area contributed by atoms with E-state index in [1.165, 1.54) is 6.07 Å². The molecule has 2 aromatic rings. The number of nitrogens with zero attached hydrogens (tertiary/aromatic N) is 1. The van der Waals surface area contributed by atoms with Crippen molar-refractivity contribution in [1.29, 1.82) is 0 Å². The first-order valence-corrected chi connectivity index (χ1v) is 7.30. The highest BCUT2D eigenvalue weighted by Crippen LogP contribution is 2.26. The van der Waals surface area contributed by atoms with E-state index in [1.807, 2.05) is 39.0 Å². The molecule has 106 valence electrons. The van der Waals surface area contributed by atoms with Crippen LogP contribution < -0.4 is 5.32 Å². The van der Waals surface area contributed by atoms with Crippen LogP contribution in [0.4, 0.5) is 10.2 Å². The number of anilines is 1.